The minimum atomic E-state index is -1.26. The molecule has 3 aromatic heterocycles. The van der Waals surface area contributed by atoms with Gasteiger partial charge in [-0.2, -0.15) is 10.4 Å². The van der Waals surface area contributed by atoms with Crippen molar-refractivity contribution in [2.24, 2.45) is 0 Å². The first-order valence-corrected chi connectivity index (χ1v) is 21.1. The smallest absolute Gasteiger partial charge is 0.149 e. The molecule has 0 spiro atoms. The van der Waals surface area contributed by atoms with Crippen LogP contribution in [-0.4, -0.2) is 93.3 Å². The van der Waals surface area contributed by atoms with Crippen LogP contribution in [0.15, 0.2) is 49.2 Å². The number of halogens is 2. The first-order chi connectivity index (χ1) is 23.6. The lowest BCUT2D eigenvalue weighted by Gasteiger charge is -2.36. The Labute approximate surface area is 288 Å². The number of nitrogens with zero attached hydrogens (tertiary/aromatic N) is 8. The van der Waals surface area contributed by atoms with E-state index in [1.807, 2.05) is 34.0 Å². The van der Waals surface area contributed by atoms with Gasteiger partial charge in [-0.3, -0.25) is 14.5 Å². The van der Waals surface area contributed by atoms with Crippen LogP contribution in [0.3, 0.4) is 0 Å². The highest BCUT2D eigenvalue weighted by molar-refractivity contribution is 6.76. The highest BCUT2D eigenvalue weighted by atomic mass is 28.3. The van der Waals surface area contributed by atoms with E-state index >= 15 is 4.39 Å². The quantitative estimate of drug-likeness (QED) is 0.107. The molecule has 13 heteroatoms. The molecule has 1 aromatic carbocycles. The molecule has 2 saturated heterocycles. The third kappa shape index (κ3) is 8.91. The Morgan fingerprint density at radius 1 is 1.14 bits per heavy atom. The maximum Gasteiger partial charge on any atom is 0.149 e. The Morgan fingerprint density at radius 2 is 2.00 bits per heavy atom. The van der Waals surface area contributed by atoms with E-state index in [1.54, 1.807) is 23.3 Å². The highest BCUT2D eigenvalue weighted by Crippen LogP contribution is 2.29. The van der Waals surface area contributed by atoms with E-state index in [0.717, 1.165) is 59.9 Å². The van der Waals surface area contributed by atoms with Crippen molar-refractivity contribution in [2.75, 3.05) is 32.8 Å². The summed E-state index contributed by atoms with van der Waals surface area (Å²) in [7, 11) is -1.17. The lowest BCUT2D eigenvalue weighted by Crippen LogP contribution is -2.48. The van der Waals surface area contributed by atoms with Gasteiger partial charge in [0, 0.05) is 76.3 Å². The number of likely N-dealkylation sites (tertiary alicyclic amines) is 2. The summed E-state index contributed by atoms with van der Waals surface area (Å²) in [6.07, 6.45) is 8.21. The van der Waals surface area contributed by atoms with Gasteiger partial charge in [0.15, 0.2) is 0 Å². The van der Waals surface area contributed by atoms with Crippen LogP contribution >= 0.6 is 0 Å². The van der Waals surface area contributed by atoms with Crippen LogP contribution in [0.5, 0.6) is 5.75 Å². The lowest BCUT2D eigenvalue weighted by atomic mass is 10.0. The van der Waals surface area contributed by atoms with Crippen molar-refractivity contribution in [1.29, 1.82) is 5.26 Å². The van der Waals surface area contributed by atoms with Gasteiger partial charge in [0.25, 0.3) is 0 Å². The molecule has 2 fully saturated rings. The second-order valence-corrected chi connectivity index (χ2v) is 20.4. The number of nitriles is 1. The van der Waals surface area contributed by atoms with Crippen LogP contribution in [0.4, 0.5) is 8.78 Å². The third-order valence-corrected chi connectivity index (χ3v) is 11.4. The van der Waals surface area contributed by atoms with E-state index in [-0.39, 0.29) is 24.8 Å². The van der Waals surface area contributed by atoms with Gasteiger partial charge >= 0.3 is 0 Å². The van der Waals surface area contributed by atoms with E-state index in [2.05, 4.69) is 52.6 Å². The molecular weight excluding hydrogens is 643 g/mol. The molecule has 3 unspecified atom stereocenters. The second kappa shape index (κ2) is 15.5. The molecule has 2 aliphatic heterocycles. The van der Waals surface area contributed by atoms with Crippen molar-refractivity contribution < 1.29 is 18.3 Å². The summed E-state index contributed by atoms with van der Waals surface area (Å²) >= 11 is 0. The Bertz CT molecular complexity index is 1750. The molecule has 49 heavy (non-hydrogen) atoms. The van der Waals surface area contributed by atoms with Crippen LogP contribution in [0.1, 0.15) is 44.2 Å². The molecule has 0 radical (unpaired) electrons. The number of hydrogen-bond donors (Lipinski definition) is 0. The summed E-state index contributed by atoms with van der Waals surface area (Å²) in [5.41, 5.74) is 3.20. The summed E-state index contributed by atoms with van der Waals surface area (Å²) < 4.78 is 45.8. The van der Waals surface area contributed by atoms with Crippen molar-refractivity contribution in [3.8, 4) is 23.1 Å². The first-order valence-electron chi connectivity index (χ1n) is 17.4. The summed E-state index contributed by atoms with van der Waals surface area (Å²) in [4.78, 5) is 13.4. The summed E-state index contributed by atoms with van der Waals surface area (Å²) in [6, 6.07) is 10.3. The summed E-state index contributed by atoms with van der Waals surface area (Å²) in [6.45, 7) is 13.2. The van der Waals surface area contributed by atoms with E-state index in [1.165, 1.54) is 6.07 Å². The Kier molecular flexibility index (Phi) is 11.1. The number of aromatic nitrogens is 5. The lowest BCUT2D eigenvalue weighted by molar-refractivity contribution is 0.0167. The van der Waals surface area contributed by atoms with E-state index < -0.39 is 20.3 Å². The van der Waals surface area contributed by atoms with Gasteiger partial charge < -0.3 is 14.0 Å². The molecule has 10 nitrogen and oxygen atoms in total. The van der Waals surface area contributed by atoms with Crippen LogP contribution in [0.2, 0.25) is 25.7 Å². The fourth-order valence-corrected chi connectivity index (χ4v) is 7.60. The van der Waals surface area contributed by atoms with Gasteiger partial charge in [0.1, 0.15) is 42.5 Å². The third-order valence-electron chi connectivity index (χ3n) is 9.69. The van der Waals surface area contributed by atoms with Gasteiger partial charge in [-0.25, -0.2) is 18.7 Å². The molecule has 0 N–H and O–H groups in total. The number of rotatable bonds is 14. The fourth-order valence-electron chi connectivity index (χ4n) is 6.85. The molecule has 0 bridgehead atoms. The largest absolute Gasteiger partial charge is 0.487 e. The van der Waals surface area contributed by atoms with Crippen LogP contribution < -0.4 is 4.74 Å². The molecule has 4 aromatic rings. The zero-order valence-corrected chi connectivity index (χ0v) is 30.1. The molecule has 262 valence electrons. The minimum Gasteiger partial charge on any atom is -0.487 e. The number of fused-ring (bicyclic) bond motifs is 1. The van der Waals surface area contributed by atoms with Gasteiger partial charge in [-0.15, -0.1) is 0 Å². The molecule has 0 aliphatic carbocycles. The minimum absolute atomic E-state index is 0.161. The molecule has 5 heterocycles. The van der Waals surface area contributed by atoms with Crippen molar-refractivity contribution in [3.05, 3.63) is 60.6 Å². The number of piperidine rings is 1. The van der Waals surface area contributed by atoms with Crippen LogP contribution in [-0.2, 0) is 18.0 Å². The average molecular weight is 691 g/mol. The van der Waals surface area contributed by atoms with Crippen molar-refractivity contribution in [1.82, 2.24) is 34.1 Å². The SMILES string of the molecule is C[C@@H]1CCCN1Cc1cc(F)cc(OC2CCN(CC(CC#N)n3cc(-c4ncnc5c4ccn5COCC[Si](C)(C)C)cn3)CC2F)c1. The Balaban J connectivity index is 1.07. The Morgan fingerprint density at radius 3 is 2.76 bits per heavy atom. The maximum atomic E-state index is 15.5. The van der Waals surface area contributed by atoms with Crippen LogP contribution in [0.25, 0.3) is 22.3 Å². The fraction of sp³-hybridized carbons (Fsp3) is 0.556. The van der Waals surface area contributed by atoms with E-state index in [4.69, 9.17) is 9.47 Å². The van der Waals surface area contributed by atoms with E-state index in [9.17, 15) is 9.65 Å². The van der Waals surface area contributed by atoms with Gasteiger partial charge in [0.05, 0.1) is 30.4 Å². The molecule has 6 rings (SSSR count). The van der Waals surface area contributed by atoms with Crippen molar-refractivity contribution >= 4 is 19.1 Å². The monoisotopic (exact) mass is 690 g/mol. The van der Waals surface area contributed by atoms with Gasteiger partial charge in [-0.05, 0) is 62.5 Å². The zero-order chi connectivity index (χ0) is 34.5. The molecule has 2 aliphatic rings. The highest BCUT2D eigenvalue weighted by Gasteiger charge is 2.33. The van der Waals surface area contributed by atoms with Gasteiger partial charge in [0.2, 0.25) is 0 Å². The number of alkyl halides is 1. The number of benzene rings is 1. The van der Waals surface area contributed by atoms with Gasteiger partial charge in [-0.1, -0.05) is 19.6 Å². The number of hydrogen-bond acceptors (Lipinski definition) is 8. The molecule has 0 saturated carbocycles. The average Bonchev–Trinajstić information content (AvgIpc) is 3.80. The Hall–Kier alpha value is -3.70. The molecule has 4 atom stereocenters. The maximum absolute atomic E-state index is 15.5. The predicted octanol–water partition coefficient (Wildman–Crippen LogP) is 6.68. The van der Waals surface area contributed by atoms with Crippen LogP contribution in [0, 0.1) is 17.1 Å². The van der Waals surface area contributed by atoms with Crippen molar-refractivity contribution in [3.63, 3.8) is 0 Å². The second-order valence-electron chi connectivity index (χ2n) is 14.8. The molecular formula is C36H48F2N8O2Si. The standard InChI is InChI=1S/C36H48F2N8O2Si/c1-26-6-5-11-44(26)20-27-16-29(37)18-31(17-27)48-34-9-12-43(23-33(34)38)22-30(7-10-39)46-21-28(19-42-46)35-32-8-13-45(36(32)41-24-40-35)25-47-14-15-49(2,3)4/h8,13,16-19,21,24,26,30,33-34H,5-7,9,11-12,14-15,20,22-23,25H2,1-4H3/t26-,30?,33?,34?/m1/s1. The van der Waals surface area contributed by atoms with Crippen molar-refractivity contribution in [2.45, 2.75) is 95.9 Å². The first kappa shape index (κ1) is 35.1. The predicted molar refractivity (Wildman–Crippen MR) is 188 cm³/mol. The normalized spacial score (nSPS) is 21.3. The van der Waals surface area contributed by atoms with E-state index in [0.29, 0.717) is 44.6 Å². The zero-order valence-electron chi connectivity index (χ0n) is 29.1. The summed E-state index contributed by atoms with van der Waals surface area (Å²) in [5.74, 6) is 0.00498. The summed E-state index contributed by atoms with van der Waals surface area (Å²) in [5, 5.41) is 15.2. The number of ether oxygens (including phenoxy) is 2. The molecule has 0 amide bonds. The topological polar surface area (TPSA) is 97.3 Å².